The fourth-order valence-electron chi connectivity index (χ4n) is 6.12. The van der Waals surface area contributed by atoms with Crippen LogP contribution in [0.1, 0.15) is 48.9 Å². The van der Waals surface area contributed by atoms with E-state index in [-0.39, 0.29) is 36.8 Å². The summed E-state index contributed by atoms with van der Waals surface area (Å²) in [6.07, 6.45) is 0.831. The Morgan fingerprint density at radius 2 is 1.50 bits per heavy atom. The van der Waals surface area contributed by atoms with Crippen LogP contribution in [0.2, 0.25) is 0 Å². The van der Waals surface area contributed by atoms with Crippen molar-refractivity contribution in [2.45, 2.75) is 77.6 Å². The lowest BCUT2D eigenvalue weighted by molar-refractivity contribution is -0.128. The number of aliphatic hydroxyl groups excluding tert-OH is 1. The Hall–Kier alpha value is -4.37. The maximum Gasteiger partial charge on any atom is 0.318 e. The predicted octanol–water partition coefficient (Wildman–Crippen LogP) is 4.33. The smallest absolute Gasteiger partial charge is 0.318 e. The molecule has 0 saturated carbocycles. The van der Waals surface area contributed by atoms with Crippen LogP contribution in [0.3, 0.4) is 0 Å². The molecule has 0 radical (unpaired) electrons. The highest BCUT2D eigenvalue weighted by atomic mass is 16.5. The highest BCUT2D eigenvalue weighted by Gasteiger charge is 2.35. The van der Waals surface area contributed by atoms with Crippen LogP contribution in [-0.2, 0) is 22.4 Å². The van der Waals surface area contributed by atoms with Gasteiger partial charge in [-0.05, 0) is 67.7 Å². The summed E-state index contributed by atoms with van der Waals surface area (Å²) in [4.78, 5) is 41.3. The van der Waals surface area contributed by atoms with E-state index in [2.05, 4.69) is 16.0 Å². The molecule has 0 aliphatic carbocycles. The fourth-order valence-corrected chi connectivity index (χ4v) is 6.12. The van der Waals surface area contributed by atoms with Gasteiger partial charge in [0.25, 0.3) is 5.91 Å². The molecule has 0 unspecified atom stereocenters. The van der Waals surface area contributed by atoms with E-state index < -0.39 is 24.2 Å². The third kappa shape index (κ3) is 9.81. The molecule has 0 aromatic heterocycles. The number of carbonyl (C=O) groups is 3. The van der Waals surface area contributed by atoms with Crippen molar-refractivity contribution in [1.29, 1.82) is 0 Å². The summed E-state index contributed by atoms with van der Waals surface area (Å²) in [5, 5.41) is 20.7. The quantitative estimate of drug-likeness (QED) is 0.200. The number of rotatable bonds is 15. The third-order valence-electron chi connectivity index (χ3n) is 8.41. The van der Waals surface area contributed by atoms with Gasteiger partial charge in [-0.15, -0.1) is 0 Å². The Balaban J connectivity index is 1.52. The van der Waals surface area contributed by atoms with Crippen molar-refractivity contribution in [1.82, 2.24) is 20.9 Å². The van der Waals surface area contributed by atoms with Gasteiger partial charge in [0, 0.05) is 19.1 Å². The van der Waals surface area contributed by atoms with Crippen LogP contribution in [0.25, 0.3) is 0 Å². The second-order valence-electron chi connectivity index (χ2n) is 12.5. The molecule has 4 N–H and O–H groups in total. The molecule has 4 atom stereocenters. The zero-order valence-electron chi connectivity index (χ0n) is 27.4. The number of carbonyl (C=O) groups excluding carboxylic acids is 3. The number of ether oxygens (including phenoxy) is 1. The number of amides is 4. The Bertz CT molecular complexity index is 1410. The van der Waals surface area contributed by atoms with Crippen LogP contribution in [0.5, 0.6) is 5.75 Å². The van der Waals surface area contributed by atoms with Crippen LogP contribution in [-0.4, -0.2) is 71.8 Å². The molecular formula is C37H48N4O5. The predicted molar refractivity (Wildman–Crippen MR) is 180 cm³/mol. The molecular weight excluding hydrogens is 580 g/mol. The first kappa shape index (κ1) is 34.5. The van der Waals surface area contributed by atoms with Crippen LogP contribution in [0, 0.1) is 19.8 Å². The lowest BCUT2D eigenvalue weighted by atomic mass is 9.92. The first-order chi connectivity index (χ1) is 22.1. The lowest BCUT2D eigenvalue weighted by Crippen LogP contribution is -2.59. The number of nitrogens with one attached hydrogen (secondary N) is 3. The van der Waals surface area contributed by atoms with Gasteiger partial charge in [-0.2, -0.15) is 0 Å². The number of hydrogen-bond acceptors (Lipinski definition) is 5. The van der Waals surface area contributed by atoms with Crippen LogP contribution in [0.4, 0.5) is 4.79 Å². The maximum absolute atomic E-state index is 13.8. The van der Waals surface area contributed by atoms with Gasteiger partial charge in [0.2, 0.25) is 5.91 Å². The maximum atomic E-state index is 13.8. The zero-order chi connectivity index (χ0) is 33.1. The van der Waals surface area contributed by atoms with E-state index in [1.807, 2.05) is 107 Å². The Labute approximate surface area is 272 Å². The van der Waals surface area contributed by atoms with Crippen molar-refractivity contribution >= 4 is 17.8 Å². The summed E-state index contributed by atoms with van der Waals surface area (Å²) in [5.74, 6) is -0.0493. The molecule has 3 aromatic rings. The number of nitrogens with zero attached hydrogens (tertiary/aromatic N) is 1. The minimum Gasteiger partial charge on any atom is -0.483 e. The van der Waals surface area contributed by atoms with Gasteiger partial charge in [0.05, 0.1) is 12.1 Å². The summed E-state index contributed by atoms with van der Waals surface area (Å²) in [5.41, 5.74) is 3.84. The Kier molecular flexibility index (Phi) is 12.6. The Morgan fingerprint density at radius 1 is 0.891 bits per heavy atom. The van der Waals surface area contributed by atoms with E-state index in [1.165, 1.54) is 0 Å². The van der Waals surface area contributed by atoms with Crippen molar-refractivity contribution < 1.29 is 24.2 Å². The number of aliphatic hydroxyl groups is 1. The number of para-hydroxylation sites is 1. The van der Waals surface area contributed by atoms with E-state index >= 15 is 0 Å². The third-order valence-corrected chi connectivity index (χ3v) is 8.41. The Morgan fingerprint density at radius 3 is 2.09 bits per heavy atom. The molecule has 9 nitrogen and oxygen atoms in total. The van der Waals surface area contributed by atoms with Crippen molar-refractivity contribution in [3.8, 4) is 5.75 Å². The van der Waals surface area contributed by atoms with Gasteiger partial charge in [-0.3, -0.25) is 9.59 Å². The standard InChI is InChI=1S/C37H48N4O5/c1-25(2)34(41-20-12-19-38-37(41)45)36(44)39-30(21-28-15-7-5-8-16-28)23-32(42)31(22-29-17-9-6-10-18-29)40-33(43)24-46-35-26(3)13-11-14-27(35)4/h5-11,13-18,25,30-32,34,42H,12,19-24H2,1-4H3,(H,38,45)(H,39,44)(H,40,43)/t30-,31-,32+,34+/m0/s1. The molecule has 0 bridgehead atoms. The summed E-state index contributed by atoms with van der Waals surface area (Å²) < 4.78 is 5.90. The second kappa shape index (κ2) is 16.8. The normalized spacial score (nSPS) is 15.8. The van der Waals surface area contributed by atoms with E-state index in [4.69, 9.17) is 4.74 Å². The van der Waals surface area contributed by atoms with Crippen molar-refractivity contribution in [2.24, 2.45) is 5.92 Å². The average Bonchev–Trinajstić information content (AvgIpc) is 3.02. The monoisotopic (exact) mass is 628 g/mol. The van der Waals surface area contributed by atoms with E-state index in [0.29, 0.717) is 31.7 Å². The summed E-state index contributed by atoms with van der Waals surface area (Å²) >= 11 is 0. The topological polar surface area (TPSA) is 120 Å². The van der Waals surface area contributed by atoms with Crippen molar-refractivity contribution in [2.75, 3.05) is 19.7 Å². The summed E-state index contributed by atoms with van der Waals surface area (Å²) in [6, 6.07) is 23.3. The molecule has 0 spiro atoms. The molecule has 9 heteroatoms. The first-order valence-corrected chi connectivity index (χ1v) is 16.2. The summed E-state index contributed by atoms with van der Waals surface area (Å²) in [6.45, 7) is 8.63. The summed E-state index contributed by atoms with van der Waals surface area (Å²) in [7, 11) is 0. The lowest BCUT2D eigenvalue weighted by Gasteiger charge is -2.37. The number of urea groups is 1. The largest absolute Gasteiger partial charge is 0.483 e. The van der Waals surface area contributed by atoms with E-state index in [1.54, 1.807) is 4.90 Å². The van der Waals surface area contributed by atoms with Gasteiger partial charge in [-0.25, -0.2) is 4.79 Å². The molecule has 3 aromatic carbocycles. The minimum atomic E-state index is -0.992. The molecule has 4 amide bonds. The molecule has 246 valence electrons. The molecule has 1 fully saturated rings. The van der Waals surface area contributed by atoms with Crippen LogP contribution < -0.4 is 20.7 Å². The second-order valence-corrected chi connectivity index (χ2v) is 12.5. The molecule has 1 saturated heterocycles. The van der Waals surface area contributed by atoms with E-state index in [0.717, 1.165) is 28.7 Å². The molecule has 1 heterocycles. The van der Waals surface area contributed by atoms with Crippen molar-refractivity contribution in [3.05, 3.63) is 101 Å². The zero-order valence-corrected chi connectivity index (χ0v) is 27.4. The molecule has 4 rings (SSSR count). The van der Waals surface area contributed by atoms with Gasteiger partial charge in [-0.1, -0.05) is 92.7 Å². The van der Waals surface area contributed by atoms with Crippen LogP contribution in [0.15, 0.2) is 78.9 Å². The molecule has 1 aliphatic heterocycles. The van der Waals surface area contributed by atoms with Gasteiger partial charge in [0.1, 0.15) is 11.8 Å². The van der Waals surface area contributed by atoms with Crippen molar-refractivity contribution in [3.63, 3.8) is 0 Å². The molecule has 1 aliphatic rings. The SMILES string of the molecule is Cc1cccc(C)c1OCC(=O)N[C@@H](Cc1ccccc1)[C@H](O)C[C@H](Cc1ccccc1)NC(=O)[C@@H](C(C)C)N1CCCNC1=O. The fraction of sp³-hybridized carbons (Fsp3) is 0.432. The average molecular weight is 629 g/mol. The first-order valence-electron chi connectivity index (χ1n) is 16.2. The number of aryl methyl sites for hydroxylation is 2. The molecule has 46 heavy (non-hydrogen) atoms. The minimum absolute atomic E-state index is 0.117. The van der Waals surface area contributed by atoms with Gasteiger partial charge in [0.15, 0.2) is 6.61 Å². The van der Waals surface area contributed by atoms with Gasteiger partial charge >= 0.3 is 6.03 Å². The van der Waals surface area contributed by atoms with Crippen LogP contribution >= 0.6 is 0 Å². The van der Waals surface area contributed by atoms with Gasteiger partial charge < -0.3 is 30.7 Å². The number of hydrogen-bond donors (Lipinski definition) is 4. The van der Waals surface area contributed by atoms with E-state index in [9.17, 15) is 19.5 Å². The highest BCUT2D eigenvalue weighted by Crippen LogP contribution is 2.22. The number of benzene rings is 3. The highest BCUT2D eigenvalue weighted by molar-refractivity contribution is 5.87.